The summed E-state index contributed by atoms with van der Waals surface area (Å²) >= 11 is 0. The molecule has 1 unspecified atom stereocenters. The molecule has 1 fully saturated rings. The SMILES string of the molecule is CCC1CCC2(CC1)Cc1ccc(OC(F)F)cc1C21N=C(N)N(CCOC)C1=O. The van der Waals surface area contributed by atoms with Gasteiger partial charge in [0.2, 0.25) is 0 Å². The summed E-state index contributed by atoms with van der Waals surface area (Å²) in [4.78, 5) is 20.1. The molecule has 0 radical (unpaired) electrons. The summed E-state index contributed by atoms with van der Waals surface area (Å²) in [6, 6.07) is 4.91. The van der Waals surface area contributed by atoms with Gasteiger partial charge in [0.05, 0.1) is 13.2 Å². The van der Waals surface area contributed by atoms with Crippen molar-refractivity contribution in [2.75, 3.05) is 20.3 Å². The van der Waals surface area contributed by atoms with Gasteiger partial charge in [-0.15, -0.1) is 0 Å². The number of aliphatic imine (C=N–C) groups is 1. The minimum Gasteiger partial charge on any atom is -0.435 e. The predicted molar refractivity (Wildman–Crippen MR) is 108 cm³/mol. The minimum atomic E-state index is -2.93. The van der Waals surface area contributed by atoms with Crippen LogP contribution < -0.4 is 10.5 Å². The second-order valence-electron chi connectivity index (χ2n) is 8.64. The number of benzene rings is 1. The third-order valence-electron chi connectivity index (χ3n) is 7.26. The van der Waals surface area contributed by atoms with Crippen molar-refractivity contribution in [2.45, 2.75) is 57.6 Å². The first kappa shape index (κ1) is 21.0. The Hall–Kier alpha value is -2.22. The third-order valence-corrected chi connectivity index (χ3v) is 7.26. The molecule has 1 atom stereocenters. The number of nitrogens with two attached hydrogens (primary N) is 1. The van der Waals surface area contributed by atoms with Gasteiger partial charge < -0.3 is 15.2 Å². The van der Waals surface area contributed by atoms with E-state index in [1.165, 1.54) is 4.90 Å². The van der Waals surface area contributed by atoms with E-state index in [1.54, 1.807) is 25.3 Å². The molecule has 164 valence electrons. The van der Waals surface area contributed by atoms with Crippen LogP contribution in [0.25, 0.3) is 0 Å². The van der Waals surface area contributed by atoms with Gasteiger partial charge in [0.1, 0.15) is 5.75 Å². The Labute approximate surface area is 175 Å². The Kier molecular flexibility index (Phi) is 5.46. The maximum absolute atomic E-state index is 13.9. The lowest BCUT2D eigenvalue weighted by Crippen LogP contribution is -2.52. The zero-order chi connectivity index (χ0) is 21.5. The molecule has 8 heteroatoms. The number of carbonyl (C=O) groups excluding carboxylic acids is 1. The largest absolute Gasteiger partial charge is 0.435 e. The van der Waals surface area contributed by atoms with Gasteiger partial charge in [-0.1, -0.05) is 19.4 Å². The number of amides is 1. The molecule has 1 aliphatic heterocycles. The van der Waals surface area contributed by atoms with Crippen LogP contribution in [0.4, 0.5) is 8.78 Å². The first-order valence-corrected chi connectivity index (χ1v) is 10.6. The van der Waals surface area contributed by atoms with Crippen LogP contribution >= 0.6 is 0 Å². The van der Waals surface area contributed by atoms with Crippen molar-refractivity contribution in [1.82, 2.24) is 4.90 Å². The summed E-state index contributed by atoms with van der Waals surface area (Å²) in [5, 5.41) is 0. The second-order valence-corrected chi connectivity index (χ2v) is 8.64. The first-order chi connectivity index (χ1) is 14.4. The molecular weight excluding hydrogens is 392 g/mol. The predicted octanol–water partition coefficient (Wildman–Crippen LogP) is 3.43. The van der Waals surface area contributed by atoms with Gasteiger partial charge in [-0.3, -0.25) is 9.69 Å². The smallest absolute Gasteiger partial charge is 0.387 e. The highest BCUT2D eigenvalue weighted by molar-refractivity contribution is 6.08. The Morgan fingerprint density at radius 3 is 2.70 bits per heavy atom. The van der Waals surface area contributed by atoms with Crippen molar-refractivity contribution < 1.29 is 23.0 Å². The number of halogens is 2. The molecule has 0 aromatic heterocycles. The summed E-state index contributed by atoms with van der Waals surface area (Å²) in [6.45, 7) is -0.0908. The van der Waals surface area contributed by atoms with Gasteiger partial charge in [0.15, 0.2) is 11.5 Å². The van der Waals surface area contributed by atoms with Crippen LogP contribution in [0.15, 0.2) is 23.2 Å². The quantitative estimate of drug-likeness (QED) is 0.764. The molecule has 0 bridgehead atoms. The Balaban J connectivity index is 1.81. The second kappa shape index (κ2) is 7.80. The zero-order valence-corrected chi connectivity index (χ0v) is 17.5. The van der Waals surface area contributed by atoms with Crippen LogP contribution in [-0.4, -0.2) is 43.6 Å². The molecule has 1 amide bonds. The van der Waals surface area contributed by atoms with Crippen LogP contribution in [-0.2, 0) is 21.5 Å². The summed E-state index contributed by atoms with van der Waals surface area (Å²) in [6.07, 6.45) is 5.55. The van der Waals surface area contributed by atoms with Gasteiger partial charge in [-0.05, 0) is 61.3 Å². The fourth-order valence-electron chi connectivity index (χ4n) is 5.68. The molecule has 2 aliphatic carbocycles. The lowest BCUT2D eigenvalue weighted by molar-refractivity contribution is -0.138. The van der Waals surface area contributed by atoms with E-state index in [2.05, 4.69) is 11.7 Å². The summed E-state index contributed by atoms with van der Waals surface area (Å²) in [5.41, 5.74) is 6.28. The van der Waals surface area contributed by atoms with Crippen molar-refractivity contribution in [3.05, 3.63) is 29.3 Å². The normalized spacial score (nSPS) is 30.4. The molecule has 2 N–H and O–H groups in total. The highest BCUT2D eigenvalue weighted by atomic mass is 19.3. The monoisotopic (exact) mass is 421 g/mol. The number of ether oxygens (including phenoxy) is 2. The molecule has 30 heavy (non-hydrogen) atoms. The standard InChI is InChI=1S/C22H29F2N3O3/c1-3-14-6-8-21(9-7-14)13-15-4-5-16(30-19(23)24)12-17(15)22(21)18(28)27(10-11-29-2)20(25)26-22/h4-5,12,14,19H,3,6-11,13H2,1-2H3,(H2,25,26). The fraction of sp³-hybridized carbons (Fsp3) is 0.636. The maximum atomic E-state index is 13.9. The highest BCUT2D eigenvalue weighted by Gasteiger charge is 2.66. The number of nitrogens with zero attached hydrogens (tertiary/aromatic N) is 2. The molecule has 6 nitrogen and oxygen atoms in total. The van der Waals surface area contributed by atoms with Gasteiger partial charge in [0.25, 0.3) is 5.91 Å². The molecule has 2 spiro atoms. The van der Waals surface area contributed by atoms with Gasteiger partial charge in [0, 0.05) is 12.5 Å². The topological polar surface area (TPSA) is 77.2 Å². The first-order valence-electron chi connectivity index (χ1n) is 10.6. The van der Waals surface area contributed by atoms with Crippen molar-refractivity contribution in [1.29, 1.82) is 0 Å². The van der Waals surface area contributed by atoms with Crippen molar-refractivity contribution in [3.8, 4) is 5.75 Å². The number of fused-ring (bicyclic) bond motifs is 3. The average Bonchev–Trinajstić information content (AvgIpc) is 3.13. The fourth-order valence-corrected chi connectivity index (χ4v) is 5.68. The van der Waals surface area contributed by atoms with Crippen molar-refractivity contribution in [2.24, 2.45) is 22.1 Å². The van der Waals surface area contributed by atoms with Crippen LogP contribution in [0.2, 0.25) is 0 Å². The van der Waals surface area contributed by atoms with E-state index in [0.29, 0.717) is 31.1 Å². The third kappa shape index (κ3) is 3.07. The Morgan fingerprint density at radius 2 is 2.07 bits per heavy atom. The van der Waals surface area contributed by atoms with Crippen LogP contribution in [0.3, 0.4) is 0 Å². The molecule has 4 rings (SSSR count). The number of hydrogen-bond donors (Lipinski definition) is 1. The molecule has 1 aromatic carbocycles. The van der Waals surface area contributed by atoms with E-state index in [1.807, 2.05) is 0 Å². The molecule has 1 saturated carbocycles. The molecule has 1 aromatic rings. The number of methoxy groups -OCH3 is 1. The molecular formula is C22H29F2N3O3. The van der Waals surface area contributed by atoms with E-state index < -0.39 is 17.6 Å². The molecule has 3 aliphatic rings. The van der Waals surface area contributed by atoms with E-state index in [9.17, 15) is 13.6 Å². The zero-order valence-electron chi connectivity index (χ0n) is 17.5. The lowest BCUT2D eigenvalue weighted by Gasteiger charge is -2.45. The number of rotatable bonds is 6. The van der Waals surface area contributed by atoms with Crippen molar-refractivity contribution >= 4 is 11.9 Å². The highest BCUT2D eigenvalue weighted by Crippen LogP contribution is 2.62. The lowest BCUT2D eigenvalue weighted by atomic mass is 9.60. The average molecular weight is 421 g/mol. The number of carbonyl (C=O) groups is 1. The van der Waals surface area contributed by atoms with E-state index in [4.69, 9.17) is 15.5 Å². The Bertz CT molecular complexity index is 852. The van der Waals surface area contributed by atoms with Gasteiger partial charge in [-0.25, -0.2) is 4.99 Å². The minimum absolute atomic E-state index is 0.0410. The van der Waals surface area contributed by atoms with Crippen molar-refractivity contribution in [3.63, 3.8) is 0 Å². The van der Waals surface area contributed by atoms with E-state index in [-0.39, 0.29) is 17.6 Å². The van der Waals surface area contributed by atoms with E-state index >= 15 is 0 Å². The maximum Gasteiger partial charge on any atom is 0.387 e. The summed E-state index contributed by atoms with van der Waals surface area (Å²) in [5.74, 6) is 0.665. The Morgan fingerprint density at radius 1 is 1.33 bits per heavy atom. The molecule has 1 heterocycles. The molecule has 0 saturated heterocycles. The number of guanidine groups is 1. The van der Waals surface area contributed by atoms with Crippen LogP contribution in [0, 0.1) is 11.3 Å². The summed E-state index contributed by atoms with van der Waals surface area (Å²) in [7, 11) is 1.57. The van der Waals surface area contributed by atoms with E-state index in [0.717, 1.165) is 37.7 Å². The number of hydrogen-bond acceptors (Lipinski definition) is 5. The van der Waals surface area contributed by atoms with Gasteiger partial charge in [-0.2, -0.15) is 8.78 Å². The number of alkyl halides is 2. The van der Waals surface area contributed by atoms with Crippen LogP contribution in [0.5, 0.6) is 5.75 Å². The van der Waals surface area contributed by atoms with Gasteiger partial charge >= 0.3 is 6.61 Å². The summed E-state index contributed by atoms with van der Waals surface area (Å²) < 4.78 is 35.5. The van der Waals surface area contributed by atoms with Crippen LogP contribution in [0.1, 0.15) is 50.2 Å².